The van der Waals surface area contributed by atoms with Gasteiger partial charge in [0.05, 0.1) is 13.6 Å². The van der Waals surface area contributed by atoms with E-state index in [4.69, 9.17) is 4.98 Å². The molecular weight excluding hydrogens is 523 g/mol. The highest BCUT2D eigenvalue weighted by molar-refractivity contribution is 6.88. The van der Waals surface area contributed by atoms with Crippen LogP contribution in [0.15, 0.2) is 146 Å². The summed E-state index contributed by atoms with van der Waals surface area (Å²) in [7, 11) is -1.29. The molecule has 1 aromatic heterocycles. The van der Waals surface area contributed by atoms with Gasteiger partial charge in [-0.05, 0) is 61.8 Å². The number of hydrogen-bond donors (Lipinski definition) is 0. The second kappa shape index (κ2) is 10.6. The van der Waals surface area contributed by atoms with Gasteiger partial charge in [0.1, 0.15) is 0 Å². The van der Waals surface area contributed by atoms with Gasteiger partial charge in [-0.3, -0.25) is 4.98 Å². The van der Waals surface area contributed by atoms with Crippen LogP contribution in [0.5, 0.6) is 0 Å². The quantitative estimate of drug-likeness (QED) is 0.193. The van der Waals surface area contributed by atoms with Crippen molar-refractivity contribution in [2.24, 2.45) is 0 Å². The van der Waals surface area contributed by atoms with E-state index in [1.165, 1.54) is 54.9 Å². The normalized spacial score (nSPS) is 11.7. The molecule has 0 aliphatic heterocycles. The Kier molecular flexibility index (Phi) is 6.57. The molecule has 0 amide bonds. The van der Waals surface area contributed by atoms with Crippen LogP contribution < -0.4 is 5.19 Å². The Balaban J connectivity index is 1.12. The van der Waals surface area contributed by atoms with E-state index in [2.05, 4.69) is 159 Å². The van der Waals surface area contributed by atoms with Crippen LogP contribution in [-0.4, -0.2) is 13.1 Å². The van der Waals surface area contributed by atoms with Gasteiger partial charge in [0.15, 0.2) is 0 Å². The fourth-order valence-electron chi connectivity index (χ4n) is 5.80. The van der Waals surface area contributed by atoms with Gasteiger partial charge in [0.2, 0.25) is 0 Å². The van der Waals surface area contributed by atoms with E-state index in [1.54, 1.807) is 0 Å². The largest absolute Gasteiger partial charge is 0.256 e. The van der Waals surface area contributed by atoms with Crippen LogP contribution in [0.3, 0.4) is 0 Å². The minimum Gasteiger partial charge on any atom is -0.256 e. The summed E-state index contributed by atoms with van der Waals surface area (Å²) in [5, 5.41) is 5.18. The molecule has 0 aliphatic carbocycles. The Morgan fingerprint density at radius 2 is 0.976 bits per heavy atom. The molecule has 2 heteroatoms. The molecule has 0 radical (unpaired) electrons. The highest BCUT2D eigenvalue weighted by Crippen LogP contribution is 2.32. The summed E-state index contributed by atoms with van der Waals surface area (Å²) in [5.74, 6) is 0. The Labute approximate surface area is 249 Å². The summed E-state index contributed by atoms with van der Waals surface area (Å²) in [6.45, 7) is 7.17. The third kappa shape index (κ3) is 5.06. The van der Waals surface area contributed by atoms with E-state index in [-0.39, 0.29) is 0 Å². The minimum absolute atomic E-state index is 1.01. The Morgan fingerprint density at radius 3 is 1.67 bits per heavy atom. The highest BCUT2D eigenvalue weighted by Gasteiger charge is 2.15. The Bertz CT molecular complexity index is 2030. The van der Waals surface area contributed by atoms with E-state index in [0.29, 0.717) is 0 Å². The molecule has 0 unspecified atom stereocenters. The molecule has 42 heavy (non-hydrogen) atoms. The highest BCUT2D eigenvalue weighted by atomic mass is 28.3. The van der Waals surface area contributed by atoms with Crippen molar-refractivity contribution in [2.45, 2.75) is 19.6 Å². The fourth-order valence-corrected chi connectivity index (χ4v) is 6.96. The van der Waals surface area contributed by atoms with Gasteiger partial charge in [0.25, 0.3) is 0 Å². The first-order valence-corrected chi connectivity index (χ1v) is 18.1. The number of pyridine rings is 1. The van der Waals surface area contributed by atoms with Crippen LogP contribution in [0.2, 0.25) is 19.6 Å². The monoisotopic (exact) mass is 555 g/mol. The van der Waals surface area contributed by atoms with Crippen molar-refractivity contribution >= 4 is 34.9 Å². The molecule has 7 rings (SSSR count). The second-order valence-electron chi connectivity index (χ2n) is 12.1. The maximum absolute atomic E-state index is 4.86. The number of fused-ring (bicyclic) bond motifs is 2. The van der Waals surface area contributed by atoms with Gasteiger partial charge in [-0.15, -0.1) is 0 Å². The van der Waals surface area contributed by atoms with Gasteiger partial charge in [-0.1, -0.05) is 152 Å². The molecule has 0 saturated heterocycles. The van der Waals surface area contributed by atoms with E-state index in [0.717, 1.165) is 16.5 Å². The lowest BCUT2D eigenvalue weighted by Crippen LogP contribution is -2.37. The van der Waals surface area contributed by atoms with Gasteiger partial charge >= 0.3 is 0 Å². The van der Waals surface area contributed by atoms with Crippen molar-refractivity contribution in [1.29, 1.82) is 0 Å². The number of hydrogen-bond acceptors (Lipinski definition) is 1. The van der Waals surface area contributed by atoms with Crippen LogP contribution >= 0.6 is 0 Å². The molecule has 1 nitrogen and oxygen atoms in total. The Morgan fingerprint density at radius 1 is 0.429 bits per heavy atom. The molecular formula is C40H33NSi. The van der Waals surface area contributed by atoms with Crippen LogP contribution in [0.4, 0.5) is 0 Å². The zero-order valence-electron chi connectivity index (χ0n) is 24.3. The molecule has 0 spiro atoms. The summed E-state index contributed by atoms with van der Waals surface area (Å²) in [4.78, 5) is 4.86. The van der Waals surface area contributed by atoms with E-state index >= 15 is 0 Å². The number of nitrogens with zero attached hydrogens (tertiary/aromatic N) is 1. The Hall–Kier alpha value is -4.79. The van der Waals surface area contributed by atoms with Crippen molar-refractivity contribution in [3.8, 4) is 44.5 Å². The molecule has 0 aliphatic rings. The van der Waals surface area contributed by atoms with Gasteiger partial charge in [-0.2, -0.15) is 0 Å². The van der Waals surface area contributed by atoms with Crippen molar-refractivity contribution < 1.29 is 0 Å². The first-order chi connectivity index (χ1) is 20.4. The summed E-state index contributed by atoms with van der Waals surface area (Å²) < 4.78 is 0. The molecule has 0 fully saturated rings. The third-order valence-electron chi connectivity index (χ3n) is 8.31. The molecule has 6 aromatic carbocycles. The molecule has 0 atom stereocenters. The van der Waals surface area contributed by atoms with Crippen molar-refractivity contribution in [3.05, 3.63) is 146 Å². The molecule has 0 saturated carbocycles. The van der Waals surface area contributed by atoms with E-state index in [9.17, 15) is 0 Å². The maximum atomic E-state index is 4.86. The van der Waals surface area contributed by atoms with Crippen LogP contribution in [0, 0.1) is 0 Å². The first-order valence-electron chi connectivity index (χ1n) is 14.6. The number of rotatable bonds is 5. The smallest absolute Gasteiger partial charge is 0.0775 e. The van der Waals surface area contributed by atoms with E-state index < -0.39 is 8.07 Å². The SMILES string of the molecule is C[Si](C)(C)c1ccc(-c2ccc(-c3ccc4cc(-c5ccc(-c6cccc7ccccc67)cc5)cnc4c3)cc2)cc1. The third-order valence-corrected chi connectivity index (χ3v) is 10.4. The van der Waals surface area contributed by atoms with Gasteiger partial charge in [-0.25, -0.2) is 0 Å². The van der Waals surface area contributed by atoms with Crippen LogP contribution in [0.25, 0.3) is 66.2 Å². The van der Waals surface area contributed by atoms with E-state index in [1.807, 2.05) is 6.20 Å². The summed E-state index contributed by atoms with van der Waals surface area (Å²) >= 11 is 0. The second-order valence-corrected chi connectivity index (χ2v) is 17.2. The van der Waals surface area contributed by atoms with Crippen LogP contribution in [0.1, 0.15) is 0 Å². The molecule has 1 heterocycles. The standard InChI is InChI=1S/C40H33NSi/c1-42(2,3)37-23-21-29(22-24-37)28-11-13-30(14-12-28)34-19-20-35-25-36(27-41-40(35)26-34)31-15-17-33(18-16-31)39-10-6-8-32-7-4-5-9-38(32)39/h4-27H,1-3H3. The number of aromatic nitrogens is 1. The zero-order valence-corrected chi connectivity index (χ0v) is 25.3. The zero-order chi connectivity index (χ0) is 28.7. The fraction of sp³-hybridized carbons (Fsp3) is 0.0750. The summed E-state index contributed by atoms with van der Waals surface area (Å²) in [5.41, 5.74) is 10.7. The van der Waals surface area contributed by atoms with Crippen molar-refractivity contribution in [2.75, 3.05) is 0 Å². The lowest BCUT2D eigenvalue weighted by Gasteiger charge is -2.16. The van der Waals surface area contributed by atoms with Crippen LogP contribution in [-0.2, 0) is 0 Å². The predicted octanol–water partition coefficient (Wildman–Crippen LogP) is 10.6. The summed E-state index contributed by atoms with van der Waals surface area (Å²) in [6, 6.07) is 50.7. The molecule has 202 valence electrons. The number of benzene rings is 6. The average Bonchev–Trinajstić information content (AvgIpc) is 3.04. The average molecular weight is 556 g/mol. The molecule has 7 aromatic rings. The topological polar surface area (TPSA) is 12.9 Å². The minimum atomic E-state index is -1.29. The summed E-state index contributed by atoms with van der Waals surface area (Å²) in [6.07, 6.45) is 1.99. The predicted molar refractivity (Wildman–Crippen MR) is 184 cm³/mol. The van der Waals surface area contributed by atoms with Gasteiger partial charge < -0.3 is 0 Å². The lowest BCUT2D eigenvalue weighted by atomic mass is 9.96. The van der Waals surface area contributed by atoms with Crippen molar-refractivity contribution in [1.82, 2.24) is 4.98 Å². The molecule has 0 bridgehead atoms. The first kappa shape index (κ1) is 26.1. The maximum Gasteiger partial charge on any atom is 0.0775 e. The lowest BCUT2D eigenvalue weighted by molar-refractivity contribution is 1.41. The molecule has 0 N–H and O–H groups in total. The van der Waals surface area contributed by atoms with Gasteiger partial charge in [0, 0.05) is 17.1 Å². The van der Waals surface area contributed by atoms with Crippen molar-refractivity contribution in [3.63, 3.8) is 0 Å².